The van der Waals surface area contributed by atoms with Crippen LogP contribution in [0.4, 0.5) is 0 Å². The molecule has 3 rings (SSSR count). The molecule has 0 aromatic heterocycles. The summed E-state index contributed by atoms with van der Waals surface area (Å²) in [6.07, 6.45) is 0.726. The first-order valence-corrected chi connectivity index (χ1v) is 8.15. The largest absolute Gasteiger partial charge is 0.396 e. The van der Waals surface area contributed by atoms with E-state index in [2.05, 4.69) is 0 Å². The molecule has 0 saturated carbocycles. The molecule has 1 unspecified atom stereocenters. The van der Waals surface area contributed by atoms with E-state index in [1.165, 1.54) is 4.31 Å². The van der Waals surface area contributed by atoms with Crippen LogP contribution in [0.25, 0.3) is 10.8 Å². The van der Waals surface area contributed by atoms with E-state index in [9.17, 15) is 8.42 Å². The fourth-order valence-corrected chi connectivity index (χ4v) is 4.21. The highest BCUT2D eigenvalue weighted by Gasteiger charge is 2.32. The summed E-state index contributed by atoms with van der Waals surface area (Å²) in [4.78, 5) is 0.329. The number of fused-ring (bicyclic) bond motifs is 1. The Bertz CT molecular complexity index is 727. The van der Waals surface area contributed by atoms with Gasteiger partial charge in [0.25, 0.3) is 0 Å². The van der Waals surface area contributed by atoms with Gasteiger partial charge in [0, 0.05) is 19.7 Å². The van der Waals surface area contributed by atoms with Crippen molar-refractivity contribution in [1.29, 1.82) is 0 Å². The Balaban J connectivity index is 1.97. The number of rotatable bonds is 3. The van der Waals surface area contributed by atoms with Gasteiger partial charge in [-0.2, -0.15) is 4.31 Å². The molecule has 1 fully saturated rings. The van der Waals surface area contributed by atoms with E-state index in [1.54, 1.807) is 12.1 Å². The number of hydrogen-bond donors (Lipinski definition) is 1. The van der Waals surface area contributed by atoms with Gasteiger partial charge in [-0.05, 0) is 35.2 Å². The number of nitrogens with zero attached hydrogens (tertiary/aromatic N) is 1. The fraction of sp³-hybridized carbons (Fsp3) is 0.333. The summed E-state index contributed by atoms with van der Waals surface area (Å²) in [7, 11) is -3.45. The Morgan fingerprint density at radius 3 is 2.60 bits per heavy atom. The Hall–Kier alpha value is -1.43. The number of benzene rings is 2. The van der Waals surface area contributed by atoms with E-state index in [0.29, 0.717) is 18.0 Å². The highest BCUT2D eigenvalue weighted by molar-refractivity contribution is 7.89. The van der Waals surface area contributed by atoms with E-state index in [0.717, 1.165) is 17.2 Å². The topological polar surface area (TPSA) is 57.6 Å². The summed E-state index contributed by atoms with van der Waals surface area (Å²) in [6.45, 7) is 0.940. The standard InChI is InChI=1S/C15H17NO3S/c17-11-12-7-8-16(10-12)20(18,19)15-6-5-13-3-1-2-4-14(13)9-15/h1-6,9,12,17H,7-8,10-11H2. The molecular formula is C15H17NO3S. The normalized spacial score (nSPS) is 20.6. The van der Waals surface area contributed by atoms with Gasteiger partial charge in [0.1, 0.15) is 0 Å². The highest BCUT2D eigenvalue weighted by atomic mass is 32.2. The lowest BCUT2D eigenvalue weighted by molar-refractivity contribution is 0.233. The third kappa shape index (κ3) is 2.32. The van der Waals surface area contributed by atoms with Crippen molar-refractivity contribution in [2.45, 2.75) is 11.3 Å². The van der Waals surface area contributed by atoms with Crippen LogP contribution >= 0.6 is 0 Å². The van der Waals surface area contributed by atoms with Gasteiger partial charge < -0.3 is 5.11 Å². The van der Waals surface area contributed by atoms with Gasteiger partial charge in [0.2, 0.25) is 10.0 Å². The van der Waals surface area contributed by atoms with Crippen LogP contribution in [-0.4, -0.2) is 37.5 Å². The number of sulfonamides is 1. The lowest BCUT2D eigenvalue weighted by Gasteiger charge is -2.16. The quantitative estimate of drug-likeness (QED) is 0.939. The second-order valence-electron chi connectivity index (χ2n) is 5.21. The number of aliphatic hydroxyl groups excluding tert-OH is 1. The maximum atomic E-state index is 12.6. The van der Waals surface area contributed by atoms with E-state index in [4.69, 9.17) is 5.11 Å². The molecular weight excluding hydrogens is 274 g/mol. The molecule has 2 aromatic rings. The van der Waals surface area contributed by atoms with Gasteiger partial charge in [-0.15, -0.1) is 0 Å². The van der Waals surface area contributed by atoms with Crippen molar-refractivity contribution in [3.63, 3.8) is 0 Å². The maximum Gasteiger partial charge on any atom is 0.243 e. The number of aliphatic hydroxyl groups is 1. The van der Waals surface area contributed by atoms with Gasteiger partial charge >= 0.3 is 0 Å². The van der Waals surface area contributed by atoms with Crippen molar-refractivity contribution in [2.75, 3.05) is 19.7 Å². The molecule has 1 N–H and O–H groups in total. The van der Waals surface area contributed by atoms with Gasteiger partial charge in [-0.3, -0.25) is 0 Å². The minimum Gasteiger partial charge on any atom is -0.396 e. The van der Waals surface area contributed by atoms with Crippen LogP contribution in [0.3, 0.4) is 0 Å². The first-order chi connectivity index (χ1) is 9.61. The molecule has 2 aromatic carbocycles. The van der Waals surface area contributed by atoms with Gasteiger partial charge in [-0.1, -0.05) is 30.3 Å². The molecule has 4 nitrogen and oxygen atoms in total. The SMILES string of the molecule is O=S(=O)(c1ccc2ccccc2c1)N1CCC(CO)C1. The Morgan fingerprint density at radius 2 is 1.90 bits per heavy atom. The zero-order valence-electron chi connectivity index (χ0n) is 11.1. The summed E-state index contributed by atoms with van der Waals surface area (Å²) in [5.74, 6) is 0.0604. The first kappa shape index (κ1) is 13.5. The molecule has 1 atom stereocenters. The highest BCUT2D eigenvalue weighted by Crippen LogP contribution is 2.26. The average molecular weight is 291 g/mol. The minimum atomic E-state index is -3.45. The zero-order valence-corrected chi connectivity index (χ0v) is 11.9. The second kappa shape index (κ2) is 5.16. The average Bonchev–Trinajstić information content (AvgIpc) is 2.96. The van der Waals surface area contributed by atoms with E-state index in [-0.39, 0.29) is 12.5 Å². The molecule has 0 bridgehead atoms. The Labute approximate surface area is 118 Å². The lowest BCUT2D eigenvalue weighted by Crippen LogP contribution is -2.29. The third-order valence-electron chi connectivity index (χ3n) is 3.87. The molecule has 1 aliphatic rings. The first-order valence-electron chi connectivity index (χ1n) is 6.71. The predicted octanol–water partition coefficient (Wildman–Crippen LogP) is 1.84. The molecule has 0 amide bonds. The van der Waals surface area contributed by atoms with Crippen LogP contribution in [-0.2, 0) is 10.0 Å². The van der Waals surface area contributed by atoms with E-state index >= 15 is 0 Å². The van der Waals surface area contributed by atoms with Crippen molar-refractivity contribution >= 4 is 20.8 Å². The maximum absolute atomic E-state index is 12.6. The van der Waals surface area contributed by atoms with Crippen molar-refractivity contribution in [3.8, 4) is 0 Å². The molecule has 1 heterocycles. The summed E-state index contributed by atoms with van der Waals surface area (Å²) in [6, 6.07) is 12.9. The molecule has 106 valence electrons. The van der Waals surface area contributed by atoms with Crippen LogP contribution < -0.4 is 0 Å². The lowest BCUT2D eigenvalue weighted by atomic mass is 10.1. The molecule has 1 saturated heterocycles. The van der Waals surface area contributed by atoms with Gasteiger partial charge in [0.05, 0.1) is 4.90 Å². The van der Waals surface area contributed by atoms with Crippen LogP contribution in [0, 0.1) is 5.92 Å². The van der Waals surface area contributed by atoms with Crippen LogP contribution in [0.2, 0.25) is 0 Å². The zero-order chi connectivity index (χ0) is 14.2. The van der Waals surface area contributed by atoms with Crippen LogP contribution in [0.5, 0.6) is 0 Å². The molecule has 0 spiro atoms. The van der Waals surface area contributed by atoms with Crippen molar-refractivity contribution in [2.24, 2.45) is 5.92 Å². The van der Waals surface area contributed by atoms with E-state index < -0.39 is 10.0 Å². The number of hydrogen-bond acceptors (Lipinski definition) is 3. The van der Waals surface area contributed by atoms with Crippen LogP contribution in [0.1, 0.15) is 6.42 Å². The van der Waals surface area contributed by atoms with Crippen molar-refractivity contribution < 1.29 is 13.5 Å². The monoisotopic (exact) mass is 291 g/mol. The predicted molar refractivity (Wildman–Crippen MR) is 77.9 cm³/mol. The summed E-state index contributed by atoms with van der Waals surface area (Å²) in [5.41, 5.74) is 0. The van der Waals surface area contributed by atoms with Gasteiger partial charge in [-0.25, -0.2) is 8.42 Å². The molecule has 20 heavy (non-hydrogen) atoms. The third-order valence-corrected chi connectivity index (χ3v) is 5.73. The summed E-state index contributed by atoms with van der Waals surface area (Å²) < 4.78 is 26.6. The summed E-state index contributed by atoms with van der Waals surface area (Å²) >= 11 is 0. The van der Waals surface area contributed by atoms with E-state index in [1.807, 2.05) is 30.3 Å². The summed E-state index contributed by atoms with van der Waals surface area (Å²) in [5, 5.41) is 11.1. The smallest absolute Gasteiger partial charge is 0.243 e. The Kier molecular flexibility index (Phi) is 3.50. The minimum absolute atomic E-state index is 0.0454. The van der Waals surface area contributed by atoms with Crippen molar-refractivity contribution in [3.05, 3.63) is 42.5 Å². The molecule has 0 aliphatic carbocycles. The fourth-order valence-electron chi connectivity index (χ4n) is 2.64. The Morgan fingerprint density at radius 1 is 1.15 bits per heavy atom. The second-order valence-corrected chi connectivity index (χ2v) is 7.15. The van der Waals surface area contributed by atoms with Crippen molar-refractivity contribution in [1.82, 2.24) is 4.31 Å². The van der Waals surface area contributed by atoms with Gasteiger partial charge in [0.15, 0.2) is 0 Å². The molecule has 0 radical (unpaired) electrons. The molecule has 5 heteroatoms. The van der Waals surface area contributed by atoms with Crippen LogP contribution in [0.15, 0.2) is 47.4 Å². The molecule has 1 aliphatic heterocycles.